The van der Waals surface area contributed by atoms with Gasteiger partial charge in [0.25, 0.3) is 0 Å². The summed E-state index contributed by atoms with van der Waals surface area (Å²) in [6.07, 6.45) is 1.14. The monoisotopic (exact) mass is 333 g/mol. The van der Waals surface area contributed by atoms with Gasteiger partial charge in [-0.25, -0.2) is 13.2 Å². The molecule has 0 atom stereocenters. The molecule has 0 heterocycles. The molecule has 0 bridgehead atoms. The summed E-state index contributed by atoms with van der Waals surface area (Å²) >= 11 is 0. The number of benzene rings is 2. The summed E-state index contributed by atoms with van der Waals surface area (Å²) < 4.78 is 24.2. The minimum Gasteiger partial charge on any atom is -0.308 e. The van der Waals surface area contributed by atoms with Crippen molar-refractivity contribution < 1.29 is 13.2 Å². The molecule has 0 aliphatic rings. The van der Waals surface area contributed by atoms with Gasteiger partial charge in [0.15, 0.2) is 0 Å². The molecule has 2 aromatic carbocycles. The molecule has 0 aliphatic carbocycles. The van der Waals surface area contributed by atoms with Crippen LogP contribution in [-0.4, -0.2) is 34.8 Å². The first-order valence-electron chi connectivity index (χ1n) is 6.93. The van der Waals surface area contributed by atoms with E-state index in [0.717, 1.165) is 6.26 Å². The Morgan fingerprint density at radius 3 is 1.96 bits per heavy atom. The second-order valence-corrected chi connectivity index (χ2v) is 7.12. The van der Waals surface area contributed by atoms with Gasteiger partial charge in [0.05, 0.1) is 11.9 Å². The Hall–Kier alpha value is -2.54. The molecule has 7 heteroatoms. The maximum absolute atomic E-state index is 12.2. The van der Waals surface area contributed by atoms with Crippen LogP contribution in [0.1, 0.15) is 0 Å². The van der Waals surface area contributed by atoms with Crippen molar-refractivity contribution in [1.82, 2.24) is 0 Å². The van der Waals surface area contributed by atoms with E-state index in [9.17, 15) is 13.2 Å². The van der Waals surface area contributed by atoms with Crippen LogP contribution in [0, 0.1) is 0 Å². The lowest BCUT2D eigenvalue weighted by Gasteiger charge is -2.20. The van der Waals surface area contributed by atoms with Gasteiger partial charge in [0.2, 0.25) is 10.0 Å². The number of rotatable bonds is 4. The molecular formula is C16H19N3O3S. The second kappa shape index (κ2) is 6.70. The number of carbonyl (C=O) groups excluding carboxylic acids is 1. The zero-order chi connectivity index (χ0) is 17.0. The minimum absolute atomic E-state index is 0.277. The first kappa shape index (κ1) is 16.8. The molecule has 2 amide bonds. The highest BCUT2D eigenvalue weighted by Crippen LogP contribution is 2.21. The number of anilines is 3. The molecule has 6 nitrogen and oxygen atoms in total. The summed E-state index contributed by atoms with van der Waals surface area (Å²) in [7, 11) is -0.177. The van der Waals surface area contributed by atoms with Crippen LogP contribution in [0.25, 0.3) is 0 Å². The van der Waals surface area contributed by atoms with E-state index in [1.54, 1.807) is 43.4 Å². The Bertz CT molecular complexity index is 774. The zero-order valence-electron chi connectivity index (χ0n) is 13.2. The number of hydrogen-bond donors (Lipinski definition) is 1. The fourth-order valence-corrected chi connectivity index (χ4v) is 2.43. The summed E-state index contributed by atoms with van der Waals surface area (Å²) in [5.41, 5.74) is 1.90. The third-order valence-electron chi connectivity index (χ3n) is 3.43. The van der Waals surface area contributed by atoms with E-state index < -0.39 is 10.0 Å². The van der Waals surface area contributed by atoms with Crippen molar-refractivity contribution >= 4 is 33.1 Å². The number of carbonyl (C=O) groups is 1. The summed E-state index contributed by atoms with van der Waals surface area (Å²) in [6, 6.07) is 15.6. The first-order chi connectivity index (χ1) is 10.8. The molecule has 2 aromatic rings. The predicted molar refractivity (Wildman–Crippen MR) is 93.6 cm³/mol. The van der Waals surface area contributed by atoms with Crippen molar-refractivity contribution in [3.8, 4) is 0 Å². The van der Waals surface area contributed by atoms with Gasteiger partial charge < -0.3 is 5.32 Å². The summed E-state index contributed by atoms with van der Waals surface area (Å²) in [4.78, 5) is 13.7. The van der Waals surface area contributed by atoms with Crippen LogP contribution in [0.2, 0.25) is 0 Å². The first-order valence-corrected chi connectivity index (χ1v) is 8.77. The summed E-state index contributed by atoms with van der Waals surface area (Å²) in [5, 5.41) is 2.78. The van der Waals surface area contributed by atoms with E-state index >= 15 is 0 Å². The maximum atomic E-state index is 12.2. The van der Waals surface area contributed by atoms with Crippen molar-refractivity contribution in [2.45, 2.75) is 0 Å². The fraction of sp³-hybridized carbons (Fsp3) is 0.188. The molecule has 0 unspecified atom stereocenters. The van der Waals surface area contributed by atoms with Gasteiger partial charge in [-0.05, 0) is 36.4 Å². The number of nitrogens with one attached hydrogen (secondary N) is 1. The Balaban J connectivity index is 2.11. The fourth-order valence-electron chi connectivity index (χ4n) is 1.92. The van der Waals surface area contributed by atoms with Crippen LogP contribution in [0.4, 0.5) is 21.9 Å². The van der Waals surface area contributed by atoms with Crippen molar-refractivity contribution in [2.24, 2.45) is 0 Å². The lowest BCUT2D eigenvalue weighted by Crippen LogP contribution is -2.31. The summed E-state index contributed by atoms with van der Waals surface area (Å²) in [5.74, 6) is 0. The minimum atomic E-state index is -3.31. The van der Waals surface area contributed by atoms with Crippen molar-refractivity contribution in [3.63, 3.8) is 0 Å². The predicted octanol–water partition coefficient (Wildman–Crippen LogP) is 2.75. The average Bonchev–Trinajstić information content (AvgIpc) is 2.53. The normalized spacial score (nSPS) is 10.9. The third kappa shape index (κ3) is 4.23. The highest BCUT2D eigenvalue weighted by atomic mass is 32.2. The van der Waals surface area contributed by atoms with Crippen LogP contribution in [0.3, 0.4) is 0 Å². The molecular weight excluding hydrogens is 314 g/mol. The second-order valence-electron chi connectivity index (χ2n) is 5.10. The van der Waals surface area contributed by atoms with Crippen LogP contribution in [0.15, 0.2) is 54.6 Å². The third-order valence-corrected chi connectivity index (χ3v) is 4.63. The molecule has 1 N–H and O–H groups in total. The number of urea groups is 1. The average molecular weight is 333 g/mol. The van der Waals surface area contributed by atoms with Gasteiger partial charge in [-0.15, -0.1) is 0 Å². The quantitative estimate of drug-likeness (QED) is 0.935. The van der Waals surface area contributed by atoms with Gasteiger partial charge in [0, 0.05) is 25.5 Å². The Morgan fingerprint density at radius 1 is 0.913 bits per heavy atom. The van der Waals surface area contributed by atoms with E-state index in [1.165, 1.54) is 16.3 Å². The van der Waals surface area contributed by atoms with Crippen LogP contribution < -0.4 is 14.5 Å². The lowest BCUT2D eigenvalue weighted by molar-refractivity contribution is 0.258. The molecule has 0 saturated heterocycles. The molecule has 2 rings (SSSR count). The highest BCUT2D eigenvalue weighted by Gasteiger charge is 2.14. The van der Waals surface area contributed by atoms with Gasteiger partial charge in [-0.2, -0.15) is 0 Å². The molecule has 0 aliphatic heterocycles. The van der Waals surface area contributed by atoms with E-state index in [1.807, 2.05) is 18.2 Å². The van der Waals surface area contributed by atoms with Crippen LogP contribution in [-0.2, 0) is 10.0 Å². The molecule has 0 radical (unpaired) electrons. The van der Waals surface area contributed by atoms with E-state index in [-0.39, 0.29) is 6.03 Å². The molecule has 0 saturated carbocycles. The van der Waals surface area contributed by atoms with Gasteiger partial charge in [0.1, 0.15) is 0 Å². The van der Waals surface area contributed by atoms with Crippen molar-refractivity contribution in [1.29, 1.82) is 0 Å². The van der Waals surface area contributed by atoms with Crippen LogP contribution >= 0.6 is 0 Å². The van der Waals surface area contributed by atoms with Crippen molar-refractivity contribution in [2.75, 3.05) is 34.9 Å². The zero-order valence-corrected chi connectivity index (χ0v) is 14.0. The Labute approximate surface area is 136 Å². The van der Waals surface area contributed by atoms with Gasteiger partial charge in [-0.1, -0.05) is 18.2 Å². The molecule has 23 heavy (non-hydrogen) atoms. The number of nitrogens with zero attached hydrogens (tertiary/aromatic N) is 2. The number of hydrogen-bond acceptors (Lipinski definition) is 3. The largest absolute Gasteiger partial charge is 0.326 e. The standard InChI is InChI=1S/C16H19N3O3S/c1-18(16(20)17-13-7-5-4-6-8-13)14-9-11-15(12-10-14)19(2)23(3,21)22/h4-12H,1-3H3,(H,17,20). The number of amides is 2. The van der Waals surface area contributed by atoms with Gasteiger partial charge >= 0.3 is 6.03 Å². The highest BCUT2D eigenvalue weighted by molar-refractivity contribution is 7.92. The number of para-hydroxylation sites is 1. The lowest BCUT2D eigenvalue weighted by atomic mass is 10.2. The SMILES string of the molecule is CN(C(=O)Nc1ccccc1)c1ccc(N(C)S(C)(=O)=O)cc1. The van der Waals surface area contributed by atoms with Crippen molar-refractivity contribution in [3.05, 3.63) is 54.6 Å². The Kier molecular flexibility index (Phi) is 4.90. The van der Waals surface area contributed by atoms with E-state index in [2.05, 4.69) is 5.32 Å². The molecule has 0 aromatic heterocycles. The van der Waals surface area contributed by atoms with E-state index in [4.69, 9.17) is 0 Å². The van der Waals surface area contributed by atoms with Gasteiger partial charge in [-0.3, -0.25) is 9.21 Å². The molecule has 0 spiro atoms. The number of sulfonamides is 1. The van der Waals surface area contributed by atoms with Crippen LogP contribution in [0.5, 0.6) is 0 Å². The molecule has 0 fully saturated rings. The van der Waals surface area contributed by atoms with E-state index in [0.29, 0.717) is 17.1 Å². The summed E-state index contributed by atoms with van der Waals surface area (Å²) in [6.45, 7) is 0. The smallest absolute Gasteiger partial charge is 0.308 e. The maximum Gasteiger partial charge on any atom is 0.326 e. The Morgan fingerprint density at radius 2 is 1.43 bits per heavy atom. The topological polar surface area (TPSA) is 69.7 Å². The molecule has 122 valence electrons.